The van der Waals surface area contributed by atoms with Crippen LogP contribution in [-0.4, -0.2) is 15.5 Å². The Bertz CT molecular complexity index is 364. The Hall–Kier alpha value is -1.87. The Morgan fingerprint density at radius 1 is 1.93 bits per heavy atom. The number of nitrogens with one attached hydrogen (secondary N) is 1. The molecule has 0 aliphatic rings. The molecule has 0 saturated heterocycles. The highest BCUT2D eigenvalue weighted by Gasteiger charge is 2.13. The van der Waals surface area contributed by atoms with Gasteiger partial charge in [0.05, 0.1) is 5.92 Å². The first kappa shape index (κ1) is 10.2. The summed E-state index contributed by atoms with van der Waals surface area (Å²) in [7, 11) is 0. The summed E-state index contributed by atoms with van der Waals surface area (Å²) in [4.78, 5) is 14.9. The van der Waals surface area contributed by atoms with Crippen LogP contribution in [-0.2, 0) is 11.3 Å². The van der Waals surface area contributed by atoms with Crippen molar-refractivity contribution in [2.45, 2.75) is 13.5 Å². The van der Waals surface area contributed by atoms with Crippen LogP contribution in [0.1, 0.15) is 12.7 Å². The number of rotatable bonds is 3. The maximum atomic E-state index is 11.1. The number of hydrogen-bond donors (Lipinski definition) is 2. The first-order chi connectivity index (χ1) is 6.69. The number of imidazole rings is 1. The van der Waals surface area contributed by atoms with Gasteiger partial charge in [-0.25, -0.2) is 10.8 Å². The maximum Gasteiger partial charge on any atom is 0.238 e. The summed E-state index contributed by atoms with van der Waals surface area (Å²) < 4.78 is 1.61. The molecule has 1 unspecified atom stereocenters. The summed E-state index contributed by atoms with van der Waals surface area (Å²) in [6.45, 7) is 2.12. The molecular formula is C8H11N5O. The van der Waals surface area contributed by atoms with E-state index >= 15 is 0 Å². The van der Waals surface area contributed by atoms with Gasteiger partial charge in [-0.3, -0.25) is 10.2 Å². The molecule has 1 amide bonds. The van der Waals surface area contributed by atoms with E-state index in [1.807, 2.05) is 6.07 Å². The van der Waals surface area contributed by atoms with Gasteiger partial charge < -0.3 is 4.57 Å². The maximum absolute atomic E-state index is 11.1. The van der Waals surface area contributed by atoms with Gasteiger partial charge in [-0.05, 0) is 0 Å². The van der Waals surface area contributed by atoms with Gasteiger partial charge in [0.15, 0.2) is 0 Å². The molecule has 1 aromatic heterocycles. The van der Waals surface area contributed by atoms with Crippen molar-refractivity contribution in [2.24, 2.45) is 11.8 Å². The normalized spacial score (nSPS) is 11.8. The Morgan fingerprint density at radius 2 is 2.64 bits per heavy atom. The third kappa shape index (κ3) is 2.08. The number of amides is 1. The molecule has 0 saturated carbocycles. The second kappa shape index (κ2) is 4.39. The summed E-state index contributed by atoms with van der Waals surface area (Å²) in [5.41, 5.74) is 2.06. The van der Waals surface area contributed by atoms with Crippen molar-refractivity contribution in [3.8, 4) is 6.07 Å². The lowest BCUT2D eigenvalue weighted by atomic mass is 10.1. The van der Waals surface area contributed by atoms with E-state index in [4.69, 9.17) is 11.1 Å². The number of carbonyl (C=O) groups excluding carboxylic acids is 1. The number of carbonyl (C=O) groups is 1. The third-order valence-electron chi connectivity index (χ3n) is 1.88. The molecule has 1 aromatic rings. The summed E-state index contributed by atoms with van der Waals surface area (Å²) in [6, 6.07) is 1.93. The van der Waals surface area contributed by atoms with Crippen LogP contribution in [0.5, 0.6) is 0 Å². The van der Waals surface area contributed by atoms with Crippen molar-refractivity contribution in [3.63, 3.8) is 0 Å². The Labute approximate surface area is 81.3 Å². The zero-order valence-corrected chi connectivity index (χ0v) is 7.77. The SMILES string of the molecule is CC(Cn1ccnc1C#N)C(=O)NN. The molecule has 0 radical (unpaired) electrons. The molecule has 3 N–H and O–H groups in total. The predicted octanol–water partition coefficient (Wildman–Crippen LogP) is -0.619. The van der Waals surface area contributed by atoms with E-state index in [0.29, 0.717) is 12.4 Å². The molecule has 0 aromatic carbocycles. The molecular weight excluding hydrogens is 182 g/mol. The van der Waals surface area contributed by atoms with Gasteiger partial charge in [-0.15, -0.1) is 0 Å². The van der Waals surface area contributed by atoms with Crippen molar-refractivity contribution in [1.29, 1.82) is 5.26 Å². The topological polar surface area (TPSA) is 96.7 Å². The average Bonchev–Trinajstić information content (AvgIpc) is 2.63. The predicted molar refractivity (Wildman–Crippen MR) is 48.4 cm³/mol. The van der Waals surface area contributed by atoms with E-state index in [-0.39, 0.29) is 11.8 Å². The zero-order valence-electron chi connectivity index (χ0n) is 7.77. The standard InChI is InChI=1S/C8H11N5O/c1-6(8(14)12-10)5-13-3-2-11-7(13)4-9/h2-3,6H,5,10H2,1H3,(H,12,14). The molecule has 6 nitrogen and oxygen atoms in total. The minimum absolute atomic E-state index is 0.261. The van der Waals surface area contributed by atoms with Crippen LogP contribution in [0.2, 0.25) is 0 Å². The average molecular weight is 193 g/mol. The van der Waals surface area contributed by atoms with Crippen LogP contribution < -0.4 is 11.3 Å². The second-order valence-corrected chi connectivity index (χ2v) is 2.92. The van der Waals surface area contributed by atoms with Crippen LogP contribution in [0.15, 0.2) is 12.4 Å². The molecule has 6 heteroatoms. The molecule has 14 heavy (non-hydrogen) atoms. The van der Waals surface area contributed by atoms with Gasteiger partial charge in [0.1, 0.15) is 6.07 Å². The highest BCUT2D eigenvalue weighted by molar-refractivity contribution is 5.77. The number of aromatic nitrogens is 2. The Kier molecular flexibility index (Phi) is 3.20. The largest absolute Gasteiger partial charge is 0.322 e. The van der Waals surface area contributed by atoms with Gasteiger partial charge in [0, 0.05) is 18.9 Å². The van der Waals surface area contributed by atoms with Crippen molar-refractivity contribution in [3.05, 3.63) is 18.2 Å². The number of nitrogens with two attached hydrogens (primary N) is 1. The molecule has 74 valence electrons. The van der Waals surface area contributed by atoms with Gasteiger partial charge in [0.2, 0.25) is 11.7 Å². The van der Waals surface area contributed by atoms with Crippen molar-refractivity contribution < 1.29 is 4.79 Å². The van der Waals surface area contributed by atoms with Gasteiger partial charge in [-0.2, -0.15) is 5.26 Å². The highest BCUT2D eigenvalue weighted by Crippen LogP contribution is 2.03. The number of nitriles is 1. The number of hydrogen-bond acceptors (Lipinski definition) is 4. The fraction of sp³-hybridized carbons (Fsp3) is 0.375. The number of hydrazine groups is 1. The molecule has 1 atom stereocenters. The molecule has 0 spiro atoms. The van der Waals surface area contributed by atoms with Crippen molar-refractivity contribution in [1.82, 2.24) is 15.0 Å². The molecule has 0 aliphatic heterocycles. The summed E-state index contributed by atoms with van der Waals surface area (Å²) in [5, 5.41) is 8.66. The van der Waals surface area contributed by atoms with Gasteiger partial charge in [0.25, 0.3) is 0 Å². The number of nitrogens with zero attached hydrogens (tertiary/aromatic N) is 3. The Morgan fingerprint density at radius 3 is 3.21 bits per heavy atom. The zero-order chi connectivity index (χ0) is 10.6. The smallest absolute Gasteiger partial charge is 0.238 e. The van der Waals surface area contributed by atoms with E-state index < -0.39 is 0 Å². The van der Waals surface area contributed by atoms with E-state index in [9.17, 15) is 4.79 Å². The first-order valence-corrected chi connectivity index (χ1v) is 4.10. The fourth-order valence-electron chi connectivity index (χ4n) is 1.09. The lowest BCUT2D eigenvalue weighted by Gasteiger charge is -2.10. The van der Waals surface area contributed by atoms with Crippen molar-refractivity contribution >= 4 is 5.91 Å². The van der Waals surface area contributed by atoms with Crippen molar-refractivity contribution in [2.75, 3.05) is 0 Å². The monoisotopic (exact) mass is 193 g/mol. The summed E-state index contributed by atoms with van der Waals surface area (Å²) in [5.74, 6) is 4.72. The minimum Gasteiger partial charge on any atom is -0.322 e. The molecule has 0 fully saturated rings. The lowest BCUT2D eigenvalue weighted by Crippen LogP contribution is -2.36. The quantitative estimate of drug-likeness (QED) is 0.380. The lowest BCUT2D eigenvalue weighted by molar-refractivity contribution is -0.124. The fourth-order valence-corrected chi connectivity index (χ4v) is 1.09. The van der Waals surface area contributed by atoms with Crippen LogP contribution in [0.3, 0.4) is 0 Å². The summed E-state index contributed by atoms with van der Waals surface area (Å²) >= 11 is 0. The molecule has 0 aliphatic carbocycles. The summed E-state index contributed by atoms with van der Waals surface area (Å²) in [6.07, 6.45) is 3.17. The van der Waals surface area contributed by atoms with E-state index in [0.717, 1.165) is 0 Å². The molecule has 0 bridgehead atoms. The van der Waals surface area contributed by atoms with Crippen LogP contribution in [0.25, 0.3) is 0 Å². The Balaban J connectivity index is 2.70. The van der Waals surface area contributed by atoms with Gasteiger partial charge >= 0.3 is 0 Å². The third-order valence-corrected chi connectivity index (χ3v) is 1.88. The molecule has 1 rings (SSSR count). The molecule has 1 heterocycles. The van der Waals surface area contributed by atoms with E-state index in [2.05, 4.69) is 10.4 Å². The van der Waals surface area contributed by atoms with Crippen LogP contribution in [0.4, 0.5) is 0 Å². The highest BCUT2D eigenvalue weighted by atomic mass is 16.2. The first-order valence-electron chi connectivity index (χ1n) is 4.10. The van der Waals surface area contributed by atoms with Gasteiger partial charge in [-0.1, -0.05) is 6.92 Å². The van der Waals surface area contributed by atoms with Crippen LogP contribution >= 0.6 is 0 Å². The minimum atomic E-state index is -0.290. The van der Waals surface area contributed by atoms with E-state index in [1.54, 1.807) is 17.7 Å². The van der Waals surface area contributed by atoms with E-state index in [1.165, 1.54) is 6.20 Å². The second-order valence-electron chi connectivity index (χ2n) is 2.92. The van der Waals surface area contributed by atoms with Crippen LogP contribution in [0, 0.1) is 17.2 Å².